The molecule has 18 heavy (non-hydrogen) atoms. The minimum atomic E-state index is -2.41. The SMILES string of the molecule is C[SH](C)(C)(C)OC(=O)c1cccc(C(=O)O)c1.[NaH]. The van der Waals surface area contributed by atoms with Crippen LogP contribution in [0.25, 0.3) is 0 Å². The molecule has 0 unspecified atom stereocenters. The molecule has 0 radical (unpaired) electrons. The van der Waals surface area contributed by atoms with Crippen molar-refractivity contribution in [2.24, 2.45) is 0 Å². The quantitative estimate of drug-likeness (QED) is 0.650. The number of aromatic carboxylic acids is 1. The first-order valence-corrected chi connectivity index (χ1v) is 9.07. The van der Waals surface area contributed by atoms with Crippen LogP contribution in [-0.2, 0) is 4.18 Å². The number of carboxylic acids is 1. The maximum absolute atomic E-state index is 11.9. The number of rotatable bonds is 3. The standard InChI is InChI=1S/C12H18O4S.Na.H/c1-17(2,3,4)16-12(15)10-7-5-6-9(8-10)11(13)14;;/h5-8,17H,1-4H3,(H,13,14);;. The Morgan fingerprint density at radius 1 is 1.11 bits per heavy atom. The van der Waals surface area contributed by atoms with Crippen molar-refractivity contribution in [1.29, 1.82) is 0 Å². The molecule has 0 aliphatic carbocycles. The van der Waals surface area contributed by atoms with Crippen molar-refractivity contribution in [2.45, 2.75) is 0 Å². The minimum absolute atomic E-state index is 0. The van der Waals surface area contributed by atoms with Crippen molar-refractivity contribution in [3.05, 3.63) is 35.4 Å². The molecule has 0 aliphatic rings. The fourth-order valence-electron chi connectivity index (χ4n) is 1.16. The summed E-state index contributed by atoms with van der Waals surface area (Å²) in [7, 11) is -2.41. The summed E-state index contributed by atoms with van der Waals surface area (Å²) in [6.45, 7) is 0. The van der Waals surface area contributed by atoms with Gasteiger partial charge in [-0.3, -0.25) is 0 Å². The second-order valence-electron chi connectivity index (χ2n) is 5.68. The number of carboxylic acid groups (broad SMARTS) is 1. The summed E-state index contributed by atoms with van der Waals surface area (Å²) in [5, 5.41) is 8.83. The Kier molecular flexibility index (Phi) is 5.50. The molecule has 1 N–H and O–H groups in total. The van der Waals surface area contributed by atoms with E-state index >= 15 is 0 Å². The third-order valence-electron chi connectivity index (χ3n) is 1.79. The molecule has 0 aliphatic heterocycles. The van der Waals surface area contributed by atoms with Crippen molar-refractivity contribution in [3.8, 4) is 0 Å². The first kappa shape index (κ1) is 17.5. The van der Waals surface area contributed by atoms with Gasteiger partial charge in [-0.2, -0.15) is 9.44 Å². The van der Waals surface area contributed by atoms with E-state index in [1.54, 1.807) is 6.07 Å². The van der Waals surface area contributed by atoms with Crippen LogP contribution in [-0.4, -0.2) is 71.6 Å². The van der Waals surface area contributed by atoms with E-state index in [0.29, 0.717) is 0 Å². The molecule has 0 amide bonds. The Balaban J connectivity index is 0.00000289. The third-order valence-corrected chi connectivity index (χ3v) is 2.69. The monoisotopic (exact) mass is 282 g/mol. The van der Waals surface area contributed by atoms with E-state index in [2.05, 4.69) is 0 Å². The van der Waals surface area contributed by atoms with E-state index < -0.39 is 21.4 Å². The van der Waals surface area contributed by atoms with Gasteiger partial charge in [0.15, 0.2) is 0 Å². The van der Waals surface area contributed by atoms with Gasteiger partial charge >= 0.3 is 41.5 Å². The van der Waals surface area contributed by atoms with Gasteiger partial charge in [0.05, 0.1) is 11.1 Å². The second kappa shape index (κ2) is 5.65. The van der Waals surface area contributed by atoms with Gasteiger partial charge in [-0.05, 0) is 43.2 Å². The van der Waals surface area contributed by atoms with Gasteiger partial charge in [0.1, 0.15) is 0 Å². The van der Waals surface area contributed by atoms with Crippen LogP contribution in [0.3, 0.4) is 0 Å². The molecular weight excluding hydrogens is 263 g/mol. The van der Waals surface area contributed by atoms with Crippen LogP contribution in [0.5, 0.6) is 0 Å². The number of benzene rings is 1. The molecule has 1 aromatic carbocycles. The summed E-state index contributed by atoms with van der Waals surface area (Å²) in [4.78, 5) is 22.6. The molecule has 0 heterocycles. The van der Waals surface area contributed by atoms with Gasteiger partial charge in [0.25, 0.3) is 0 Å². The van der Waals surface area contributed by atoms with Gasteiger partial charge in [0.2, 0.25) is 0 Å². The number of hydrogen-bond donors (Lipinski definition) is 2. The summed E-state index contributed by atoms with van der Waals surface area (Å²) in [5.74, 6) is -1.53. The molecule has 98 valence electrons. The molecule has 6 heteroatoms. The molecule has 0 spiro atoms. The molecule has 0 saturated carbocycles. The molecule has 0 bridgehead atoms. The average Bonchev–Trinajstić information content (AvgIpc) is 2.14. The Hall–Kier alpha value is -0.490. The van der Waals surface area contributed by atoms with E-state index in [4.69, 9.17) is 9.29 Å². The maximum atomic E-state index is 11.9. The van der Waals surface area contributed by atoms with E-state index in [1.165, 1.54) is 18.2 Å². The van der Waals surface area contributed by atoms with Crippen LogP contribution < -0.4 is 0 Å². The predicted octanol–water partition coefficient (Wildman–Crippen LogP) is 1.40. The van der Waals surface area contributed by atoms with Crippen LogP contribution in [0.4, 0.5) is 0 Å². The van der Waals surface area contributed by atoms with Crippen LogP contribution in [0, 0.1) is 0 Å². The molecule has 1 rings (SSSR count). The Bertz CT molecular complexity index is 467. The number of carbonyl (C=O) groups is 2. The number of thiol groups is 1. The Morgan fingerprint density at radius 2 is 1.61 bits per heavy atom. The van der Waals surface area contributed by atoms with Crippen LogP contribution in [0.15, 0.2) is 24.3 Å². The first-order valence-electron chi connectivity index (χ1n) is 5.13. The topological polar surface area (TPSA) is 63.6 Å². The summed E-state index contributed by atoms with van der Waals surface area (Å²) < 4.78 is 5.44. The average molecular weight is 282 g/mol. The molecule has 0 atom stereocenters. The van der Waals surface area contributed by atoms with Gasteiger partial charge in [-0.1, -0.05) is 6.07 Å². The molecule has 0 aromatic heterocycles. The zero-order chi connectivity index (χ0) is 13.3. The van der Waals surface area contributed by atoms with Crippen LogP contribution >= 0.6 is 9.44 Å². The van der Waals surface area contributed by atoms with Crippen molar-refractivity contribution in [3.63, 3.8) is 0 Å². The molecule has 1 aromatic rings. The normalized spacial score (nSPS) is 12.8. The van der Waals surface area contributed by atoms with Gasteiger partial charge in [-0.15, -0.1) is 0 Å². The van der Waals surface area contributed by atoms with E-state index in [-0.39, 0.29) is 40.7 Å². The Morgan fingerprint density at radius 3 is 2.06 bits per heavy atom. The fourth-order valence-corrected chi connectivity index (χ4v) is 1.93. The zero-order valence-corrected chi connectivity index (χ0v) is 11.3. The summed E-state index contributed by atoms with van der Waals surface area (Å²) in [5.41, 5.74) is 0.352. The van der Waals surface area contributed by atoms with Gasteiger partial charge in [-0.25, -0.2) is 9.59 Å². The van der Waals surface area contributed by atoms with Gasteiger partial charge < -0.3 is 9.29 Å². The predicted molar refractivity (Wildman–Crippen MR) is 78.6 cm³/mol. The van der Waals surface area contributed by atoms with Crippen molar-refractivity contribution < 1.29 is 18.9 Å². The van der Waals surface area contributed by atoms with Crippen molar-refractivity contribution >= 4 is 50.9 Å². The molecule has 4 nitrogen and oxygen atoms in total. The van der Waals surface area contributed by atoms with E-state index in [1.807, 2.05) is 25.0 Å². The van der Waals surface area contributed by atoms with Gasteiger partial charge in [0, 0.05) is 0 Å². The summed E-state index contributed by atoms with van der Waals surface area (Å²) >= 11 is 0. The first-order chi connectivity index (χ1) is 7.55. The van der Waals surface area contributed by atoms with E-state index in [9.17, 15) is 9.59 Å². The van der Waals surface area contributed by atoms with Crippen LogP contribution in [0.2, 0.25) is 0 Å². The van der Waals surface area contributed by atoms with Crippen LogP contribution in [0.1, 0.15) is 20.7 Å². The Labute approximate surface area is 130 Å². The number of carbonyl (C=O) groups excluding carboxylic acids is 1. The second-order valence-corrected chi connectivity index (χ2v) is 12.7. The van der Waals surface area contributed by atoms with E-state index in [0.717, 1.165) is 0 Å². The zero-order valence-electron chi connectivity index (χ0n) is 10.4. The summed E-state index contributed by atoms with van der Waals surface area (Å²) in [6, 6.07) is 5.85. The number of hydrogen-bond acceptors (Lipinski definition) is 3. The third kappa shape index (κ3) is 5.91. The fraction of sp³-hybridized carbons (Fsp3) is 0.333. The summed E-state index contributed by atoms with van der Waals surface area (Å²) in [6.07, 6.45) is 7.63. The molecule has 0 fully saturated rings. The van der Waals surface area contributed by atoms with Crippen molar-refractivity contribution in [2.75, 3.05) is 25.0 Å². The van der Waals surface area contributed by atoms with Crippen molar-refractivity contribution in [1.82, 2.24) is 0 Å². The molecule has 0 saturated heterocycles. The molecular formula is C12H19NaO4S.